The second-order valence-corrected chi connectivity index (χ2v) is 3.76. The van der Waals surface area contributed by atoms with E-state index in [1.54, 1.807) is 0 Å². The molecule has 0 spiro atoms. The Balaban J connectivity index is 2.53. The highest BCUT2D eigenvalue weighted by atomic mass is 79.9. The fourth-order valence-electron chi connectivity index (χ4n) is 0.937. The molecule has 1 aromatic rings. The molecule has 0 aliphatic carbocycles. The van der Waals surface area contributed by atoms with Crippen LogP contribution in [0.1, 0.15) is 12.0 Å². The smallest absolute Gasteiger partial charge is 0.120 e. The molecule has 0 saturated heterocycles. The van der Waals surface area contributed by atoms with Crippen LogP contribution in [0, 0.1) is 6.92 Å². The van der Waals surface area contributed by atoms with Crippen molar-refractivity contribution in [2.24, 2.45) is 5.73 Å². The van der Waals surface area contributed by atoms with Crippen LogP contribution in [0.5, 0.6) is 5.75 Å². The van der Waals surface area contributed by atoms with Gasteiger partial charge in [0.1, 0.15) is 5.75 Å². The zero-order chi connectivity index (χ0) is 9.68. The topological polar surface area (TPSA) is 35.2 Å². The first-order valence-corrected chi connectivity index (χ1v) is 5.12. The Kier molecular flexibility index (Phi) is 4.25. The number of hydrogen-bond acceptors (Lipinski definition) is 2. The van der Waals surface area contributed by atoms with Gasteiger partial charge in [0.2, 0.25) is 0 Å². The molecule has 3 heteroatoms. The molecule has 13 heavy (non-hydrogen) atoms. The molecule has 0 heterocycles. The minimum Gasteiger partial charge on any atom is -0.494 e. The predicted molar refractivity (Wildman–Crippen MR) is 58.0 cm³/mol. The molecule has 0 aromatic heterocycles. The van der Waals surface area contributed by atoms with E-state index in [1.165, 1.54) is 5.56 Å². The van der Waals surface area contributed by atoms with Crippen LogP contribution >= 0.6 is 15.9 Å². The number of rotatable bonds is 4. The Labute approximate surface area is 87.2 Å². The Morgan fingerprint density at radius 2 is 2.23 bits per heavy atom. The van der Waals surface area contributed by atoms with Crippen LogP contribution in [0.15, 0.2) is 22.7 Å². The van der Waals surface area contributed by atoms with Crippen molar-refractivity contribution in [3.05, 3.63) is 28.2 Å². The van der Waals surface area contributed by atoms with Gasteiger partial charge in [-0.05, 0) is 37.6 Å². The summed E-state index contributed by atoms with van der Waals surface area (Å²) in [4.78, 5) is 0. The number of halogens is 1. The van der Waals surface area contributed by atoms with E-state index in [0.717, 1.165) is 16.6 Å². The van der Waals surface area contributed by atoms with Crippen molar-refractivity contribution < 1.29 is 4.74 Å². The molecular weight excluding hydrogens is 230 g/mol. The molecule has 72 valence electrons. The molecule has 0 aliphatic rings. The van der Waals surface area contributed by atoms with Gasteiger partial charge >= 0.3 is 0 Å². The zero-order valence-electron chi connectivity index (χ0n) is 7.72. The summed E-state index contributed by atoms with van der Waals surface area (Å²) in [5.74, 6) is 0.894. The number of ether oxygens (including phenoxy) is 1. The summed E-state index contributed by atoms with van der Waals surface area (Å²) in [6, 6.07) is 5.98. The molecule has 1 aromatic carbocycles. The minimum atomic E-state index is 0.674. The molecule has 0 bridgehead atoms. The van der Waals surface area contributed by atoms with Gasteiger partial charge in [-0.1, -0.05) is 22.0 Å². The van der Waals surface area contributed by atoms with Crippen LogP contribution in [0.25, 0.3) is 0 Å². The number of benzene rings is 1. The normalized spacial score (nSPS) is 10.1. The first kappa shape index (κ1) is 10.5. The fraction of sp³-hybridized carbons (Fsp3) is 0.400. The molecule has 0 atom stereocenters. The van der Waals surface area contributed by atoms with Crippen LogP contribution in [-0.4, -0.2) is 13.2 Å². The minimum absolute atomic E-state index is 0.674. The lowest BCUT2D eigenvalue weighted by atomic mass is 10.2. The van der Waals surface area contributed by atoms with Gasteiger partial charge in [-0.2, -0.15) is 0 Å². The fourth-order valence-corrected chi connectivity index (χ4v) is 1.29. The van der Waals surface area contributed by atoms with E-state index in [4.69, 9.17) is 10.5 Å². The van der Waals surface area contributed by atoms with E-state index < -0.39 is 0 Å². The molecule has 0 unspecified atom stereocenters. The van der Waals surface area contributed by atoms with Crippen molar-refractivity contribution >= 4 is 15.9 Å². The maximum atomic E-state index is 5.47. The summed E-state index contributed by atoms with van der Waals surface area (Å²) >= 11 is 3.45. The molecule has 0 aliphatic heterocycles. The van der Waals surface area contributed by atoms with Gasteiger partial charge in [-0.15, -0.1) is 0 Å². The van der Waals surface area contributed by atoms with Crippen molar-refractivity contribution in [1.82, 2.24) is 0 Å². The van der Waals surface area contributed by atoms with E-state index in [-0.39, 0.29) is 0 Å². The molecule has 2 nitrogen and oxygen atoms in total. The average molecular weight is 244 g/mol. The van der Waals surface area contributed by atoms with Gasteiger partial charge in [0.25, 0.3) is 0 Å². The van der Waals surface area contributed by atoms with E-state index >= 15 is 0 Å². The summed E-state index contributed by atoms with van der Waals surface area (Å²) in [6.45, 7) is 3.41. The van der Waals surface area contributed by atoms with Gasteiger partial charge in [-0.3, -0.25) is 0 Å². The first-order chi connectivity index (χ1) is 6.24. The van der Waals surface area contributed by atoms with Crippen LogP contribution in [-0.2, 0) is 0 Å². The Hall–Kier alpha value is -0.540. The lowest BCUT2D eigenvalue weighted by Crippen LogP contribution is -2.06. The lowest BCUT2D eigenvalue weighted by molar-refractivity contribution is 0.313. The lowest BCUT2D eigenvalue weighted by Gasteiger charge is -2.06. The van der Waals surface area contributed by atoms with Gasteiger partial charge < -0.3 is 10.5 Å². The maximum Gasteiger partial charge on any atom is 0.120 e. The molecule has 2 N–H and O–H groups in total. The Bertz CT molecular complexity index is 276. The van der Waals surface area contributed by atoms with Gasteiger partial charge in [-0.25, -0.2) is 0 Å². The molecule has 0 radical (unpaired) electrons. The number of hydrogen-bond donors (Lipinski definition) is 1. The van der Waals surface area contributed by atoms with Gasteiger partial charge in [0, 0.05) is 4.47 Å². The molecule has 0 saturated carbocycles. The van der Waals surface area contributed by atoms with E-state index in [0.29, 0.717) is 13.2 Å². The summed E-state index contributed by atoms with van der Waals surface area (Å²) in [5, 5.41) is 0. The van der Waals surface area contributed by atoms with Gasteiger partial charge in [0.05, 0.1) is 6.61 Å². The van der Waals surface area contributed by atoms with Crippen LogP contribution in [0.3, 0.4) is 0 Å². The predicted octanol–water partition coefficient (Wildman–Crippen LogP) is 2.49. The van der Waals surface area contributed by atoms with E-state index in [1.807, 2.05) is 25.1 Å². The molecule has 0 amide bonds. The Morgan fingerprint density at radius 3 is 2.85 bits per heavy atom. The standard InChI is InChI=1S/C10H14BrNO/c1-8-3-4-9(7-10(8)11)13-6-2-5-12/h3-4,7H,2,5-6,12H2,1H3. The number of aryl methyl sites for hydroxylation is 1. The van der Waals surface area contributed by atoms with Crippen molar-refractivity contribution in [1.29, 1.82) is 0 Å². The number of nitrogens with two attached hydrogens (primary N) is 1. The Morgan fingerprint density at radius 1 is 1.46 bits per heavy atom. The van der Waals surface area contributed by atoms with Crippen molar-refractivity contribution in [2.45, 2.75) is 13.3 Å². The highest BCUT2D eigenvalue weighted by molar-refractivity contribution is 9.10. The summed E-state index contributed by atoms with van der Waals surface area (Å²) in [6.07, 6.45) is 0.894. The molecule has 1 rings (SSSR count). The second kappa shape index (κ2) is 5.25. The molecular formula is C10H14BrNO. The third kappa shape index (κ3) is 3.36. The zero-order valence-corrected chi connectivity index (χ0v) is 9.30. The monoisotopic (exact) mass is 243 g/mol. The highest BCUT2D eigenvalue weighted by Gasteiger charge is 1.97. The van der Waals surface area contributed by atoms with E-state index in [9.17, 15) is 0 Å². The third-order valence-electron chi connectivity index (χ3n) is 1.76. The summed E-state index contributed by atoms with van der Waals surface area (Å²) in [5.41, 5.74) is 6.57. The second-order valence-electron chi connectivity index (χ2n) is 2.90. The first-order valence-electron chi connectivity index (χ1n) is 4.33. The maximum absolute atomic E-state index is 5.47. The highest BCUT2D eigenvalue weighted by Crippen LogP contribution is 2.22. The van der Waals surface area contributed by atoms with Crippen molar-refractivity contribution in [3.63, 3.8) is 0 Å². The van der Waals surface area contributed by atoms with Crippen molar-refractivity contribution in [3.8, 4) is 5.75 Å². The quantitative estimate of drug-likeness (QED) is 0.826. The van der Waals surface area contributed by atoms with Gasteiger partial charge in [0.15, 0.2) is 0 Å². The summed E-state index contributed by atoms with van der Waals surface area (Å²) in [7, 11) is 0. The average Bonchev–Trinajstić information content (AvgIpc) is 2.12. The molecule has 0 fully saturated rings. The van der Waals surface area contributed by atoms with Crippen LogP contribution < -0.4 is 10.5 Å². The van der Waals surface area contributed by atoms with Crippen LogP contribution in [0.4, 0.5) is 0 Å². The van der Waals surface area contributed by atoms with E-state index in [2.05, 4.69) is 15.9 Å². The summed E-state index contributed by atoms with van der Waals surface area (Å²) < 4.78 is 6.55. The SMILES string of the molecule is Cc1ccc(OCCCN)cc1Br. The van der Waals surface area contributed by atoms with Crippen LogP contribution in [0.2, 0.25) is 0 Å². The largest absolute Gasteiger partial charge is 0.494 e. The van der Waals surface area contributed by atoms with Crippen molar-refractivity contribution in [2.75, 3.05) is 13.2 Å². The third-order valence-corrected chi connectivity index (χ3v) is 2.61.